The van der Waals surface area contributed by atoms with E-state index in [-0.39, 0.29) is 5.91 Å². The van der Waals surface area contributed by atoms with Crippen LogP contribution in [0.5, 0.6) is 5.88 Å². The number of carbonyl (C=O) groups excluding carboxylic acids is 1. The number of hydrogen-bond acceptors (Lipinski definition) is 4. The fourth-order valence-electron chi connectivity index (χ4n) is 2.85. The normalized spacial score (nSPS) is 13.6. The molecular formula is C21H21N3O2. The molecule has 3 rings (SSSR count). The van der Waals surface area contributed by atoms with Crippen molar-refractivity contribution in [2.45, 2.75) is 19.8 Å². The number of nitrogens with zero attached hydrogens (tertiary/aromatic N) is 3. The fourth-order valence-corrected chi connectivity index (χ4v) is 2.85. The molecule has 0 aromatic carbocycles. The van der Waals surface area contributed by atoms with Crippen LogP contribution < -0.4 is 4.74 Å². The number of amides is 1. The van der Waals surface area contributed by atoms with Crippen LogP contribution in [0.2, 0.25) is 0 Å². The van der Waals surface area contributed by atoms with Gasteiger partial charge in [-0.05, 0) is 56.0 Å². The van der Waals surface area contributed by atoms with Gasteiger partial charge in [0.25, 0.3) is 5.91 Å². The molecule has 0 unspecified atom stereocenters. The average Bonchev–Trinajstić information content (AvgIpc) is 2.68. The number of carbonyl (C=O) groups is 1. The SMILES string of the molecule is COc1ncccc1C(=O)N1CCC(=CC#Cc2cccc(C)n2)CC1. The second kappa shape index (κ2) is 8.30. The first-order valence-corrected chi connectivity index (χ1v) is 8.59. The summed E-state index contributed by atoms with van der Waals surface area (Å²) >= 11 is 0. The summed E-state index contributed by atoms with van der Waals surface area (Å²) in [7, 11) is 1.53. The average molecular weight is 347 g/mol. The van der Waals surface area contributed by atoms with Crippen molar-refractivity contribution < 1.29 is 9.53 Å². The van der Waals surface area contributed by atoms with Gasteiger partial charge >= 0.3 is 0 Å². The summed E-state index contributed by atoms with van der Waals surface area (Å²) in [6, 6.07) is 9.31. The number of likely N-dealkylation sites (tertiary alicyclic amines) is 1. The van der Waals surface area contributed by atoms with Gasteiger partial charge in [0.2, 0.25) is 5.88 Å². The molecule has 1 amide bonds. The van der Waals surface area contributed by atoms with Gasteiger partial charge in [0.1, 0.15) is 11.3 Å². The van der Waals surface area contributed by atoms with E-state index in [1.807, 2.05) is 36.1 Å². The lowest BCUT2D eigenvalue weighted by atomic mass is 10.0. The Morgan fingerprint density at radius 3 is 2.77 bits per heavy atom. The molecule has 1 aliphatic rings. The van der Waals surface area contributed by atoms with Gasteiger partial charge in [-0.3, -0.25) is 4.79 Å². The summed E-state index contributed by atoms with van der Waals surface area (Å²) in [5, 5.41) is 0. The standard InChI is InChI=1S/C21H21N3O2/c1-16-6-3-8-18(23-16)9-4-7-17-11-14-24(15-12-17)21(25)19-10-5-13-22-20(19)26-2/h3,5-8,10,13H,11-12,14-15H2,1-2H3. The molecule has 5 nitrogen and oxygen atoms in total. The monoisotopic (exact) mass is 347 g/mol. The molecule has 0 bridgehead atoms. The first kappa shape index (κ1) is 17.7. The zero-order chi connectivity index (χ0) is 18.4. The molecular weight excluding hydrogens is 326 g/mol. The quantitative estimate of drug-likeness (QED) is 0.784. The van der Waals surface area contributed by atoms with E-state index in [1.54, 1.807) is 18.3 Å². The zero-order valence-corrected chi connectivity index (χ0v) is 15.0. The Kier molecular flexibility index (Phi) is 5.65. The number of aromatic nitrogens is 2. The van der Waals surface area contributed by atoms with Crippen LogP contribution in [-0.2, 0) is 0 Å². The minimum Gasteiger partial charge on any atom is -0.480 e. The molecule has 0 saturated carbocycles. The van der Waals surface area contributed by atoms with Crippen molar-refractivity contribution in [3.63, 3.8) is 0 Å². The number of rotatable bonds is 2. The predicted molar refractivity (Wildman–Crippen MR) is 99.9 cm³/mol. The second-order valence-corrected chi connectivity index (χ2v) is 6.09. The van der Waals surface area contributed by atoms with Crippen molar-refractivity contribution in [2.75, 3.05) is 20.2 Å². The van der Waals surface area contributed by atoms with Gasteiger partial charge in [0, 0.05) is 25.0 Å². The highest BCUT2D eigenvalue weighted by Gasteiger charge is 2.23. The molecule has 1 saturated heterocycles. The Labute approximate surface area is 153 Å². The van der Waals surface area contributed by atoms with Gasteiger partial charge in [-0.2, -0.15) is 0 Å². The topological polar surface area (TPSA) is 55.3 Å². The molecule has 0 atom stereocenters. The maximum atomic E-state index is 12.7. The van der Waals surface area contributed by atoms with Gasteiger partial charge < -0.3 is 9.64 Å². The third-order valence-electron chi connectivity index (χ3n) is 4.25. The molecule has 3 heterocycles. The lowest BCUT2D eigenvalue weighted by Crippen LogP contribution is -2.36. The first-order valence-electron chi connectivity index (χ1n) is 8.59. The van der Waals surface area contributed by atoms with E-state index in [9.17, 15) is 4.79 Å². The van der Waals surface area contributed by atoms with Gasteiger partial charge in [0.15, 0.2) is 0 Å². The third kappa shape index (κ3) is 4.28. The van der Waals surface area contributed by atoms with Crippen LogP contribution in [0.1, 0.15) is 34.6 Å². The van der Waals surface area contributed by atoms with E-state index in [0.717, 1.165) is 24.2 Å². The summed E-state index contributed by atoms with van der Waals surface area (Å²) in [6.45, 7) is 3.30. The second-order valence-electron chi connectivity index (χ2n) is 6.09. The van der Waals surface area contributed by atoms with Crippen LogP contribution in [0.4, 0.5) is 0 Å². The molecule has 5 heteroatoms. The molecule has 2 aromatic rings. The molecule has 0 N–H and O–H groups in total. The molecule has 0 aliphatic carbocycles. The van der Waals surface area contributed by atoms with Gasteiger partial charge in [-0.15, -0.1) is 0 Å². The van der Waals surface area contributed by atoms with Gasteiger partial charge in [0.05, 0.1) is 7.11 Å². The molecule has 1 fully saturated rings. The molecule has 2 aromatic heterocycles. The highest BCUT2D eigenvalue weighted by molar-refractivity contribution is 5.96. The molecule has 26 heavy (non-hydrogen) atoms. The molecule has 0 radical (unpaired) electrons. The van der Waals surface area contributed by atoms with Crippen LogP contribution >= 0.6 is 0 Å². The van der Waals surface area contributed by atoms with Crippen molar-refractivity contribution in [3.05, 3.63) is 65.1 Å². The van der Waals surface area contributed by atoms with E-state index in [2.05, 4.69) is 21.8 Å². The van der Waals surface area contributed by atoms with E-state index in [1.165, 1.54) is 12.7 Å². The minimum absolute atomic E-state index is 0.0379. The Morgan fingerprint density at radius 1 is 1.23 bits per heavy atom. The number of methoxy groups -OCH3 is 1. The highest BCUT2D eigenvalue weighted by Crippen LogP contribution is 2.21. The van der Waals surface area contributed by atoms with Gasteiger partial charge in [-0.25, -0.2) is 9.97 Å². The Morgan fingerprint density at radius 2 is 2.04 bits per heavy atom. The van der Waals surface area contributed by atoms with E-state index < -0.39 is 0 Å². The van der Waals surface area contributed by atoms with Gasteiger partial charge in [-0.1, -0.05) is 17.6 Å². The number of piperidine rings is 1. The summed E-state index contributed by atoms with van der Waals surface area (Å²) < 4.78 is 5.19. The lowest BCUT2D eigenvalue weighted by Gasteiger charge is -2.28. The minimum atomic E-state index is -0.0379. The number of ether oxygens (including phenoxy) is 1. The first-order chi connectivity index (χ1) is 12.7. The third-order valence-corrected chi connectivity index (χ3v) is 4.25. The number of hydrogen-bond donors (Lipinski definition) is 0. The van der Waals surface area contributed by atoms with Crippen molar-refractivity contribution in [2.24, 2.45) is 0 Å². The zero-order valence-electron chi connectivity index (χ0n) is 15.0. The molecule has 0 spiro atoms. The van der Waals surface area contributed by atoms with Crippen molar-refractivity contribution >= 4 is 5.91 Å². The number of allylic oxidation sites excluding steroid dienone is 1. The summed E-state index contributed by atoms with van der Waals surface area (Å²) in [5.41, 5.74) is 3.50. The Balaban J connectivity index is 1.61. The summed E-state index contributed by atoms with van der Waals surface area (Å²) in [4.78, 5) is 23.0. The van der Waals surface area contributed by atoms with Crippen LogP contribution in [0.15, 0.2) is 48.2 Å². The fraction of sp³-hybridized carbons (Fsp3) is 0.286. The number of aryl methyl sites for hydroxylation is 1. The number of pyridine rings is 2. The maximum absolute atomic E-state index is 12.7. The smallest absolute Gasteiger partial charge is 0.259 e. The Bertz CT molecular complexity index is 883. The Hall–Kier alpha value is -3.13. The van der Waals surface area contributed by atoms with Crippen molar-refractivity contribution in [1.29, 1.82) is 0 Å². The highest BCUT2D eigenvalue weighted by atomic mass is 16.5. The van der Waals surface area contributed by atoms with Crippen molar-refractivity contribution in [1.82, 2.24) is 14.9 Å². The van der Waals surface area contributed by atoms with Crippen LogP contribution in [-0.4, -0.2) is 41.0 Å². The molecule has 132 valence electrons. The molecule has 1 aliphatic heterocycles. The lowest BCUT2D eigenvalue weighted by molar-refractivity contribution is 0.0739. The van der Waals surface area contributed by atoms with E-state index in [4.69, 9.17) is 4.74 Å². The largest absolute Gasteiger partial charge is 0.480 e. The summed E-state index contributed by atoms with van der Waals surface area (Å²) in [6.07, 6.45) is 5.22. The van der Waals surface area contributed by atoms with Crippen LogP contribution in [0.3, 0.4) is 0 Å². The maximum Gasteiger partial charge on any atom is 0.259 e. The van der Waals surface area contributed by atoms with Crippen LogP contribution in [0.25, 0.3) is 0 Å². The summed E-state index contributed by atoms with van der Waals surface area (Å²) in [5.74, 6) is 6.48. The van der Waals surface area contributed by atoms with Crippen molar-refractivity contribution in [3.8, 4) is 17.7 Å². The predicted octanol–water partition coefficient (Wildman–Crippen LogP) is 3.01. The van der Waals surface area contributed by atoms with E-state index >= 15 is 0 Å². The van der Waals surface area contributed by atoms with E-state index in [0.29, 0.717) is 24.5 Å². The van der Waals surface area contributed by atoms with Crippen LogP contribution in [0, 0.1) is 18.8 Å².